The van der Waals surface area contributed by atoms with E-state index >= 15 is 0 Å². The van der Waals surface area contributed by atoms with Crippen molar-refractivity contribution in [2.24, 2.45) is 0 Å². The van der Waals surface area contributed by atoms with Crippen molar-refractivity contribution < 1.29 is 33.0 Å². The third-order valence-electron chi connectivity index (χ3n) is 6.86. The van der Waals surface area contributed by atoms with Crippen LogP contribution in [-0.4, -0.2) is 80.1 Å². The van der Waals surface area contributed by atoms with Gasteiger partial charge in [0.05, 0.1) is 22.2 Å². The number of nitrogens with zero attached hydrogens (tertiary/aromatic N) is 2. The minimum Gasteiger partial charge on any atom is -0.492 e. The van der Waals surface area contributed by atoms with Crippen LogP contribution in [0, 0.1) is 0 Å². The summed E-state index contributed by atoms with van der Waals surface area (Å²) in [5.41, 5.74) is 2.56. The molecule has 2 aromatic carbocycles. The Balaban J connectivity index is 0.00000127. The SMILES string of the molecule is CN(C)CCCOc1cc(-c2nc(C(=O)NC3CCCCC3)ccc2-c2ccccc2S(C)(=O)=O)ccc1Cl.Cl.O=C(O)O. The zero-order chi connectivity index (χ0) is 31.6. The number of amides is 1. The Morgan fingerprint density at radius 3 is 2.32 bits per heavy atom. The van der Waals surface area contributed by atoms with E-state index in [9.17, 15) is 13.2 Å². The summed E-state index contributed by atoms with van der Waals surface area (Å²) in [4.78, 5) is 28.8. The van der Waals surface area contributed by atoms with Crippen LogP contribution in [0.15, 0.2) is 59.5 Å². The molecule has 0 radical (unpaired) electrons. The van der Waals surface area contributed by atoms with Gasteiger partial charge in [0.2, 0.25) is 0 Å². The molecular formula is C31H39Cl2N3O7S. The molecule has 13 heteroatoms. The van der Waals surface area contributed by atoms with Crippen LogP contribution in [0.3, 0.4) is 0 Å². The van der Waals surface area contributed by atoms with Gasteiger partial charge in [0, 0.05) is 35.5 Å². The summed E-state index contributed by atoms with van der Waals surface area (Å²) in [6.45, 7) is 1.37. The summed E-state index contributed by atoms with van der Waals surface area (Å²) in [6.07, 6.45) is 5.51. The third-order valence-corrected chi connectivity index (χ3v) is 8.32. The summed E-state index contributed by atoms with van der Waals surface area (Å²) in [5, 5.41) is 17.5. The van der Waals surface area contributed by atoms with Crippen molar-refractivity contribution in [1.82, 2.24) is 15.2 Å². The Hall–Kier alpha value is -3.38. The molecule has 1 aliphatic carbocycles. The molecule has 0 atom stereocenters. The third kappa shape index (κ3) is 11.0. The highest BCUT2D eigenvalue weighted by Gasteiger charge is 2.22. The first-order valence-corrected chi connectivity index (χ1v) is 16.2. The molecular weight excluding hydrogens is 629 g/mol. The van der Waals surface area contributed by atoms with Crippen LogP contribution in [0.4, 0.5) is 4.79 Å². The second-order valence-electron chi connectivity index (χ2n) is 10.6. The number of hydrogen-bond acceptors (Lipinski definition) is 7. The summed E-state index contributed by atoms with van der Waals surface area (Å²) >= 11 is 6.46. The van der Waals surface area contributed by atoms with Crippen LogP contribution in [-0.2, 0) is 9.84 Å². The van der Waals surface area contributed by atoms with Gasteiger partial charge < -0.3 is 25.2 Å². The van der Waals surface area contributed by atoms with E-state index in [-0.39, 0.29) is 34.9 Å². The van der Waals surface area contributed by atoms with Gasteiger partial charge in [-0.2, -0.15) is 0 Å². The van der Waals surface area contributed by atoms with Crippen LogP contribution in [0.2, 0.25) is 5.02 Å². The van der Waals surface area contributed by atoms with E-state index in [4.69, 9.17) is 36.3 Å². The lowest BCUT2D eigenvalue weighted by atomic mass is 9.95. The van der Waals surface area contributed by atoms with E-state index in [1.54, 1.807) is 48.5 Å². The molecule has 1 fully saturated rings. The number of carbonyl (C=O) groups is 2. The van der Waals surface area contributed by atoms with Crippen molar-refractivity contribution in [3.05, 3.63) is 65.3 Å². The number of nitrogens with one attached hydrogen (secondary N) is 1. The van der Waals surface area contributed by atoms with E-state index < -0.39 is 16.0 Å². The van der Waals surface area contributed by atoms with Gasteiger partial charge in [-0.15, -0.1) is 12.4 Å². The molecule has 1 heterocycles. The van der Waals surface area contributed by atoms with Gasteiger partial charge >= 0.3 is 6.16 Å². The first-order valence-electron chi connectivity index (χ1n) is 14.0. The average molecular weight is 669 g/mol. The molecule has 0 aliphatic heterocycles. The molecule has 44 heavy (non-hydrogen) atoms. The molecule has 0 spiro atoms. The van der Waals surface area contributed by atoms with Crippen molar-refractivity contribution >= 4 is 45.9 Å². The molecule has 240 valence electrons. The molecule has 1 amide bonds. The first-order chi connectivity index (χ1) is 20.4. The average Bonchev–Trinajstić information content (AvgIpc) is 2.95. The van der Waals surface area contributed by atoms with Gasteiger partial charge in [0.15, 0.2) is 9.84 Å². The Bertz CT molecular complexity index is 1520. The van der Waals surface area contributed by atoms with Crippen LogP contribution < -0.4 is 10.1 Å². The number of pyridine rings is 1. The van der Waals surface area contributed by atoms with Crippen molar-refractivity contribution in [3.63, 3.8) is 0 Å². The second-order valence-corrected chi connectivity index (χ2v) is 13.0. The number of carboxylic acid groups (broad SMARTS) is 2. The Morgan fingerprint density at radius 2 is 1.68 bits per heavy atom. The minimum absolute atomic E-state index is 0. The standard InChI is InChI=1S/C30H36ClN3O4S.CH2O3.ClH/c1-34(2)18-9-19-38-27-20-21(14-16-25(27)31)29-24(23-12-7-8-13-28(23)39(3,36)37)15-17-26(33-29)30(35)32-22-10-5-4-6-11-22;2-1(3)4;/h7-8,12-17,20,22H,4-6,9-11,18-19H2,1-3H3,(H,32,35);(H2,2,3,4);1H. The van der Waals surface area contributed by atoms with E-state index in [2.05, 4.69) is 10.2 Å². The maximum atomic E-state index is 13.2. The van der Waals surface area contributed by atoms with Crippen LogP contribution in [0.25, 0.3) is 22.4 Å². The molecule has 0 saturated heterocycles. The highest BCUT2D eigenvalue weighted by atomic mass is 35.5. The Morgan fingerprint density at radius 1 is 1.02 bits per heavy atom. The largest absolute Gasteiger partial charge is 0.503 e. The van der Waals surface area contributed by atoms with Gasteiger partial charge in [-0.3, -0.25) is 4.79 Å². The molecule has 1 aliphatic rings. The number of benzene rings is 2. The fourth-order valence-corrected chi connectivity index (χ4v) is 5.94. The molecule has 3 aromatic rings. The molecule has 0 unspecified atom stereocenters. The summed E-state index contributed by atoms with van der Waals surface area (Å²) in [6, 6.07) is 15.7. The number of hydrogen-bond donors (Lipinski definition) is 3. The van der Waals surface area contributed by atoms with E-state index in [0.29, 0.717) is 39.8 Å². The second kappa shape index (κ2) is 17.2. The van der Waals surface area contributed by atoms with Gasteiger partial charge in [0.1, 0.15) is 11.4 Å². The zero-order valence-corrected chi connectivity index (χ0v) is 27.3. The fourth-order valence-electron chi connectivity index (χ4n) is 4.87. The van der Waals surface area contributed by atoms with E-state index in [1.807, 2.05) is 20.2 Å². The van der Waals surface area contributed by atoms with Crippen LogP contribution >= 0.6 is 24.0 Å². The number of carbonyl (C=O) groups excluding carboxylic acids is 1. The normalized spacial score (nSPS) is 13.3. The van der Waals surface area contributed by atoms with Gasteiger partial charge in [0.25, 0.3) is 5.91 Å². The van der Waals surface area contributed by atoms with Crippen LogP contribution in [0.1, 0.15) is 49.0 Å². The molecule has 1 aromatic heterocycles. The minimum atomic E-state index is -3.52. The number of aromatic nitrogens is 1. The quantitative estimate of drug-likeness (QED) is 0.206. The van der Waals surface area contributed by atoms with E-state index in [1.165, 1.54) is 12.7 Å². The Labute approximate surface area is 269 Å². The van der Waals surface area contributed by atoms with Gasteiger partial charge in [-0.05, 0) is 63.7 Å². The summed E-state index contributed by atoms with van der Waals surface area (Å²) < 4.78 is 31.3. The zero-order valence-electron chi connectivity index (χ0n) is 25.0. The smallest absolute Gasteiger partial charge is 0.492 e. The van der Waals surface area contributed by atoms with Crippen molar-refractivity contribution in [2.45, 2.75) is 49.5 Å². The van der Waals surface area contributed by atoms with Crippen LogP contribution in [0.5, 0.6) is 5.75 Å². The Kier molecular flexibility index (Phi) is 14.4. The van der Waals surface area contributed by atoms with Crippen molar-refractivity contribution in [1.29, 1.82) is 0 Å². The lowest BCUT2D eigenvalue weighted by molar-refractivity contribution is 0.0922. The number of halogens is 2. The number of ether oxygens (including phenoxy) is 1. The fraction of sp³-hybridized carbons (Fsp3) is 0.387. The number of rotatable bonds is 10. The lowest BCUT2D eigenvalue weighted by Gasteiger charge is -2.23. The topological polar surface area (TPSA) is 146 Å². The van der Waals surface area contributed by atoms with E-state index in [0.717, 1.165) is 38.6 Å². The number of sulfone groups is 1. The van der Waals surface area contributed by atoms with Gasteiger partial charge in [-0.1, -0.05) is 55.1 Å². The molecule has 4 rings (SSSR count). The highest BCUT2D eigenvalue weighted by Crippen LogP contribution is 2.37. The molecule has 0 bridgehead atoms. The maximum Gasteiger partial charge on any atom is 0.503 e. The van der Waals surface area contributed by atoms with Gasteiger partial charge in [-0.25, -0.2) is 18.2 Å². The predicted octanol–water partition coefficient (Wildman–Crippen LogP) is 6.51. The molecule has 3 N–H and O–H groups in total. The lowest BCUT2D eigenvalue weighted by Crippen LogP contribution is -2.36. The summed E-state index contributed by atoms with van der Waals surface area (Å²) in [5.74, 6) is 0.273. The first kappa shape index (κ1) is 36.8. The monoisotopic (exact) mass is 667 g/mol. The van der Waals surface area contributed by atoms with Crippen molar-refractivity contribution in [3.8, 4) is 28.1 Å². The molecule has 1 saturated carbocycles. The summed E-state index contributed by atoms with van der Waals surface area (Å²) in [7, 11) is 0.493. The van der Waals surface area contributed by atoms with Crippen molar-refractivity contribution in [2.75, 3.05) is 33.5 Å². The highest BCUT2D eigenvalue weighted by molar-refractivity contribution is 7.90. The maximum absolute atomic E-state index is 13.2. The predicted molar refractivity (Wildman–Crippen MR) is 174 cm³/mol. The molecule has 10 nitrogen and oxygen atoms in total.